The minimum absolute atomic E-state index is 0.106. The fourth-order valence-corrected chi connectivity index (χ4v) is 1.41. The molecule has 2 rings (SSSR count). The molecule has 6 nitrogen and oxygen atoms in total. The van der Waals surface area contributed by atoms with E-state index in [1.807, 2.05) is 0 Å². The van der Waals surface area contributed by atoms with Crippen LogP contribution in [-0.4, -0.2) is 40.8 Å². The highest BCUT2D eigenvalue weighted by Crippen LogP contribution is 2.21. The van der Waals surface area contributed by atoms with Crippen LogP contribution >= 0.6 is 0 Å². The third-order valence-electron chi connectivity index (χ3n) is 2.74. The number of furan rings is 1. The van der Waals surface area contributed by atoms with E-state index in [0.29, 0.717) is 11.5 Å². The average Bonchev–Trinajstić information content (AvgIpc) is 3.05. The summed E-state index contributed by atoms with van der Waals surface area (Å²) in [5, 5.41) is 12.7. The van der Waals surface area contributed by atoms with Crippen molar-refractivity contribution in [2.75, 3.05) is 13.7 Å². The number of aromatic nitrogens is 1. The molecule has 0 aromatic carbocycles. The van der Waals surface area contributed by atoms with Crippen molar-refractivity contribution in [3.05, 3.63) is 30.2 Å². The molecular formula is C12H14N2O4. The lowest BCUT2D eigenvalue weighted by atomic mass is 10.2. The summed E-state index contributed by atoms with van der Waals surface area (Å²) < 4.78 is 10.2. The zero-order valence-electron chi connectivity index (χ0n) is 10.2. The molecule has 2 aromatic rings. The van der Waals surface area contributed by atoms with Crippen molar-refractivity contribution in [2.24, 2.45) is 0 Å². The van der Waals surface area contributed by atoms with Crippen LogP contribution in [0.3, 0.4) is 0 Å². The maximum Gasteiger partial charge on any atom is 0.276 e. The maximum atomic E-state index is 12.0. The van der Waals surface area contributed by atoms with Gasteiger partial charge in [-0.25, -0.2) is 0 Å². The molecule has 1 N–H and O–H groups in total. The van der Waals surface area contributed by atoms with Gasteiger partial charge in [-0.2, -0.15) is 0 Å². The van der Waals surface area contributed by atoms with E-state index >= 15 is 0 Å². The molecule has 2 heterocycles. The van der Waals surface area contributed by atoms with E-state index in [4.69, 9.17) is 14.0 Å². The first-order valence-electron chi connectivity index (χ1n) is 5.52. The smallest absolute Gasteiger partial charge is 0.276 e. The van der Waals surface area contributed by atoms with Crippen LogP contribution in [0.25, 0.3) is 11.5 Å². The van der Waals surface area contributed by atoms with Gasteiger partial charge in [0.2, 0.25) is 5.76 Å². The zero-order valence-corrected chi connectivity index (χ0v) is 10.2. The fraction of sp³-hybridized carbons (Fsp3) is 0.333. The lowest BCUT2D eigenvalue weighted by molar-refractivity contribution is 0.0672. The van der Waals surface area contributed by atoms with E-state index in [0.717, 1.165) is 0 Å². The summed E-state index contributed by atoms with van der Waals surface area (Å²) in [6.07, 6.45) is 1.51. The minimum Gasteiger partial charge on any atom is -0.461 e. The molecule has 96 valence electrons. The van der Waals surface area contributed by atoms with Crippen LogP contribution in [0.1, 0.15) is 17.4 Å². The van der Waals surface area contributed by atoms with Gasteiger partial charge in [-0.05, 0) is 19.1 Å². The molecule has 1 atom stereocenters. The van der Waals surface area contributed by atoms with Crippen molar-refractivity contribution in [3.63, 3.8) is 0 Å². The predicted octanol–water partition coefficient (Wildman–Crippen LogP) is 1.39. The normalized spacial score (nSPS) is 12.4. The molecule has 0 aliphatic carbocycles. The molecule has 0 aliphatic heterocycles. The van der Waals surface area contributed by atoms with E-state index in [1.165, 1.54) is 17.2 Å². The Labute approximate surface area is 104 Å². The summed E-state index contributed by atoms with van der Waals surface area (Å²) in [6, 6.07) is 4.68. The number of carbonyl (C=O) groups excluding carboxylic acids is 1. The number of aliphatic hydroxyl groups is 1. The first-order chi connectivity index (χ1) is 8.63. The summed E-state index contributed by atoms with van der Waals surface area (Å²) in [5.74, 6) is 0.603. The molecule has 1 unspecified atom stereocenters. The highest BCUT2D eigenvalue weighted by Gasteiger charge is 2.21. The molecular weight excluding hydrogens is 236 g/mol. The average molecular weight is 250 g/mol. The largest absolute Gasteiger partial charge is 0.461 e. The third-order valence-corrected chi connectivity index (χ3v) is 2.74. The summed E-state index contributed by atoms with van der Waals surface area (Å²) in [6.45, 7) is 1.64. The lowest BCUT2D eigenvalue weighted by Gasteiger charge is -2.21. The Hall–Kier alpha value is -2.08. The SMILES string of the molecule is CC(CO)N(C)C(=O)c1cc(-c2ccco2)on1. The number of hydrogen-bond acceptors (Lipinski definition) is 5. The Kier molecular flexibility index (Phi) is 3.47. The first-order valence-corrected chi connectivity index (χ1v) is 5.52. The standard InChI is InChI=1S/C12H14N2O4/c1-8(7-15)14(2)12(16)9-6-11(18-13-9)10-4-3-5-17-10/h3-6,8,15H,7H2,1-2H3. The monoisotopic (exact) mass is 250 g/mol. The van der Waals surface area contributed by atoms with E-state index in [-0.39, 0.29) is 24.2 Å². The van der Waals surface area contributed by atoms with Gasteiger partial charge in [0, 0.05) is 13.1 Å². The third kappa shape index (κ3) is 2.28. The highest BCUT2D eigenvalue weighted by molar-refractivity contribution is 5.93. The molecule has 0 fully saturated rings. The van der Waals surface area contributed by atoms with E-state index < -0.39 is 0 Å². The Morgan fingerprint density at radius 1 is 1.56 bits per heavy atom. The minimum atomic E-state index is -0.307. The Bertz CT molecular complexity index is 518. The van der Waals surface area contributed by atoms with Crippen LogP contribution < -0.4 is 0 Å². The Balaban J connectivity index is 2.18. The number of nitrogens with zero attached hydrogens (tertiary/aromatic N) is 2. The van der Waals surface area contributed by atoms with E-state index in [9.17, 15) is 4.79 Å². The summed E-state index contributed by atoms with van der Waals surface area (Å²) in [5.41, 5.74) is 0.184. The summed E-state index contributed by atoms with van der Waals surface area (Å²) in [4.78, 5) is 13.4. The van der Waals surface area contributed by atoms with Crippen LogP contribution in [0.15, 0.2) is 33.4 Å². The molecule has 0 saturated carbocycles. The molecule has 1 amide bonds. The second-order valence-corrected chi connectivity index (χ2v) is 4.00. The second-order valence-electron chi connectivity index (χ2n) is 4.00. The quantitative estimate of drug-likeness (QED) is 0.886. The molecule has 0 aliphatic rings. The first kappa shape index (κ1) is 12.4. The van der Waals surface area contributed by atoms with Gasteiger partial charge in [0.1, 0.15) is 0 Å². The van der Waals surface area contributed by atoms with E-state index in [2.05, 4.69) is 5.16 Å². The highest BCUT2D eigenvalue weighted by atomic mass is 16.5. The van der Waals surface area contributed by atoms with Crippen molar-refractivity contribution < 1.29 is 18.8 Å². The summed E-state index contributed by atoms with van der Waals surface area (Å²) >= 11 is 0. The van der Waals surface area contributed by atoms with E-state index in [1.54, 1.807) is 26.1 Å². The van der Waals surface area contributed by atoms with Crippen molar-refractivity contribution >= 4 is 5.91 Å². The van der Waals surface area contributed by atoms with Gasteiger partial charge < -0.3 is 18.9 Å². The fourth-order valence-electron chi connectivity index (χ4n) is 1.41. The van der Waals surface area contributed by atoms with Gasteiger partial charge in [-0.1, -0.05) is 5.16 Å². The molecule has 0 bridgehead atoms. The van der Waals surface area contributed by atoms with Gasteiger partial charge in [-0.15, -0.1) is 0 Å². The van der Waals surface area contributed by atoms with Gasteiger partial charge in [-0.3, -0.25) is 4.79 Å². The Morgan fingerprint density at radius 2 is 2.33 bits per heavy atom. The molecule has 0 saturated heterocycles. The van der Waals surface area contributed by atoms with Crippen LogP contribution in [0, 0.1) is 0 Å². The zero-order chi connectivity index (χ0) is 13.1. The number of carbonyl (C=O) groups is 1. The topological polar surface area (TPSA) is 79.7 Å². The number of likely N-dealkylation sites (N-methyl/N-ethyl adjacent to an activating group) is 1. The number of hydrogen-bond donors (Lipinski definition) is 1. The van der Waals surface area contributed by atoms with Crippen molar-refractivity contribution in [1.29, 1.82) is 0 Å². The molecule has 6 heteroatoms. The van der Waals surface area contributed by atoms with Crippen LogP contribution in [0.5, 0.6) is 0 Å². The van der Waals surface area contributed by atoms with Crippen molar-refractivity contribution in [3.8, 4) is 11.5 Å². The second kappa shape index (κ2) is 5.05. The van der Waals surface area contributed by atoms with Gasteiger partial charge in [0.15, 0.2) is 11.5 Å². The lowest BCUT2D eigenvalue weighted by Crippen LogP contribution is -2.37. The maximum absolute atomic E-state index is 12.0. The number of aliphatic hydroxyl groups excluding tert-OH is 1. The van der Waals surface area contributed by atoms with Crippen LogP contribution in [-0.2, 0) is 0 Å². The van der Waals surface area contributed by atoms with Crippen LogP contribution in [0.2, 0.25) is 0 Å². The molecule has 2 aromatic heterocycles. The van der Waals surface area contributed by atoms with Gasteiger partial charge >= 0.3 is 0 Å². The molecule has 18 heavy (non-hydrogen) atoms. The van der Waals surface area contributed by atoms with Crippen LogP contribution in [0.4, 0.5) is 0 Å². The van der Waals surface area contributed by atoms with Crippen molar-refractivity contribution in [1.82, 2.24) is 10.1 Å². The van der Waals surface area contributed by atoms with Gasteiger partial charge in [0.05, 0.1) is 18.9 Å². The predicted molar refractivity (Wildman–Crippen MR) is 62.8 cm³/mol. The molecule has 0 radical (unpaired) electrons. The van der Waals surface area contributed by atoms with Crippen molar-refractivity contribution in [2.45, 2.75) is 13.0 Å². The Morgan fingerprint density at radius 3 is 2.94 bits per heavy atom. The number of rotatable bonds is 4. The van der Waals surface area contributed by atoms with Gasteiger partial charge in [0.25, 0.3) is 5.91 Å². The molecule has 0 spiro atoms. The summed E-state index contributed by atoms with van der Waals surface area (Å²) in [7, 11) is 1.60. The number of amides is 1.